The van der Waals surface area contributed by atoms with Crippen LogP contribution in [0.2, 0.25) is 0 Å². The number of para-hydroxylation sites is 1. The summed E-state index contributed by atoms with van der Waals surface area (Å²) >= 11 is 5.53. The molecular formula is C13H15ClN2O2S. The summed E-state index contributed by atoms with van der Waals surface area (Å²) in [5.41, 5.74) is 1.33. The van der Waals surface area contributed by atoms with Gasteiger partial charge in [0.1, 0.15) is 0 Å². The lowest BCUT2D eigenvalue weighted by atomic mass is 10.2. The third-order valence-electron chi connectivity index (χ3n) is 2.66. The van der Waals surface area contributed by atoms with E-state index in [0.29, 0.717) is 24.4 Å². The average molecular weight is 299 g/mol. The third kappa shape index (κ3) is 4.08. The van der Waals surface area contributed by atoms with E-state index in [9.17, 15) is 8.42 Å². The number of alkyl halides is 1. The summed E-state index contributed by atoms with van der Waals surface area (Å²) in [5, 5.41) is 0.906. The second-order valence-corrected chi connectivity index (χ2v) is 6.45. The van der Waals surface area contributed by atoms with Crippen molar-refractivity contribution in [1.82, 2.24) is 4.98 Å². The smallest absolute Gasteiger partial charge is 0.232 e. The van der Waals surface area contributed by atoms with Crippen molar-refractivity contribution >= 4 is 38.2 Å². The summed E-state index contributed by atoms with van der Waals surface area (Å²) < 4.78 is 26.2. The Morgan fingerprint density at radius 1 is 1.21 bits per heavy atom. The van der Waals surface area contributed by atoms with E-state index in [1.54, 1.807) is 6.07 Å². The van der Waals surface area contributed by atoms with E-state index in [-0.39, 0.29) is 5.75 Å². The van der Waals surface area contributed by atoms with Crippen molar-refractivity contribution in [3.63, 3.8) is 0 Å². The van der Waals surface area contributed by atoms with E-state index < -0.39 is 10.0 Å². The van der Waals surface area contributed by atoms with Gasteiger partial charge in [-0.2, -0.15) is 0 Å². The van der Waals surface area contributed by atoms with Gasteiger partial charge in [-0.1, -0.05) is 18.2 Å². The van der Waals surface area contributed by atoms with Gasteiger partial charge in [-0.15, -0.1) is 11.6 Å². The Kier molecular flexibility index (Phi) is 4.61. The van der Waals surface area contributed by atoms with Crippen LogP contribution in [0.25, 0.3) is 10.9 Å². The van der Waals surface area contributed by atoms with E-state index in [4.69, 9.17) is 11.6 Å². The summed E-state index contributed by atoms with van der Waals surface area (Å²) in [4.78, 5) is 4.21. The predicted octanol–water partition coefficient (Wildman–Crippen LogP) is 3.00. The highest BCUT2D eigenvalue weighted by molar-refractivity contribution is 7.92. The average Bonchev–Trinajstić information content (AvgIpc) is 2.38. The number of hydrogen-bond acceptors (Lipinski definition) is 3. The number of halogens is 1. The molecule has 0 spiro atoms. The number of nitrogens with one attached hydrogen (secondary N) is 1. The molecule has 0 fully saturated rings. The molecule has 1 aromatic carbocycles. The highest BCUT2D eigenvalue weighted by atomic mass is 35.5. The number of anilines is 1. The normalized spacial score (nSPS) is 11.6. The molecule has 0 bridgehead atoms. The van der Waals surface area contributed by atoms with Gasteiger partial charge in [0.2, 0.25) is 10.0 Å². The van der Waals surface area contributed by atoms with Crippen molar-refractivity contribution < 1.29 is 8.42 Å². The lowest BCUT2D eigenvalue weighted by Crippen LogP contribution is -2.16. The number of fused-ring (bicyclic) bond motifs is 1. The van der Waals surface area contributed by atoms with Gasteiger partial charge in [0.15, 0.2) is 0 Å². The predicted molar refractivity (Wildman–Crippen MR) is 79.1 cm³/mol. The first kappa shape index (κ1) is 14.1. The molecular weight excluding hydrogens is 284 g/mol. The minimum Gasteiger partial charge on any atom is -0.282 e. The maximum absolute atomic E-state index is 11.8. The van der Waals surface area contributed by atoms with Crippen molar-refractivity contribution in [2.45, 2.75) is 12.8 Å². The Labute approximate surface area is 117 Å². The maximum atomic E-state index is 11.8. The zero-order valence-electron chi connectivity index (χ0n) is 10.3. The molecule has 2 rings (SSSR count). The van der Waals surface area contributed by atoms with Gasteiger partial charge in [-0.25, -0.2) is 8.42 Å². The van der Waals surface area contributed by atoms with Crippen molar-refractivity contribution in [3.05, 3.63) is 36.5 Å². The highest BCUT2D eigenvalue weighted by Crippen LogP contribution is 2.17. The van der Waals surface area contributed by atoms with Gasteiger partial charge >= 0.3 is 0 Å². The molecule has 0 atom stereocenters. The largest absolute Gasteiger partial charge is 0.282 e. The number of unbranched alkanes of at least 4 members (excludes halogenated alkanes) is 1. The molecule has 6 heteroatoms. The summed E-state index contributed by atoms with van der Waals surface area (Å²) in [5.74, 6) is 0.555. The number of pyridine rings is 1. The molecule has 1 N–H and O–H groups in total. The zero-order valence-corrected chi connectivity index (χ0v) is 11.9. The highest BCUT2D eigenvalue weighted by Gasteiger charge is 2.10. The first-order valence-electron chi connectivity index (χ1n) is 6.02. The van der Waals surface area contributed by atoms with Crippen LogP contribution in [0.15, 0.2) is 36.5 Å². The fourth-order valence-electron chi connectivity index (χ4n) is 1.74. The molecule has 0 saturated heterocycles. The lowest BCUT2D eigenvalue weighted by molar-refractivity contribution is 0.598. The van der Waals surface area contributed by atoms with E-state index in [0.717, 1.165) is 10.9 Å². The molecule has 0 radical (unpaired) electrons. The van der Waals surface area contributed by atoms with Crippen molar-refractivity contribution in [3.8, 4) is 0 Å². The van der Waals surface area contributed by atoms with Crippen LogP contribution >= 0.6 is 11.6 Å². The molecule has 4 nitrogen and oxygen atoms in total. The number of nitrogens with zero attached hydrogens (tertiary/aromatic N) is 1. The van der Waals surface area contributed by atoms with E-state index in [1.165, 1.54) is 6.20 Å². The zero-order chi connectivity index (χ0) is 13.7. The van der Waals surface area contributed by atoms with Crippen LogP contribution in [0.1, 0.15) is 12.8 Å². The van der Waals surface area contributed by atoms with E-state index in [1.807, 2.05) is 24.3 Å². The monoisotopic (exact) mass is 298 g/mol. The number of sulfonamides is 1. The van der Waals surface area contributed by atoms with Crippen LogP contribution < -0.4 is 4.72 Å². The molecule has 0 unspecified atom stereocenters. The quantitative estimate of drug-likeness (QED) is 0.659. The second kappa shape index (κ2) is 6.21. The van der Waals surface area contributed by atoms with Gasteiger partial charge in [-0.3, -0.25) is 9.71 Å². The minimum atomic E-state index is -3.32. The second-order valence-electron chi connectivity index (χ2n) is 4.23. The molecule has 0 aliphatic heterocycles. The third-order valence-corrected chi connectivity index (χ3v) is 4.30. The van der Waals surface area contributed by atoms with Gasteiger partial charge in [0.05, 0.1) is 23.2 Å². The van der Waals surface area contributed by atoms with Gasteiger partial charge in [0.25, 0.3) is 0 Å². The molecule has 19 heavy (non-hydrogen) atoms. The molecule has 1 heterocycles. The Balaban J connectivity index is 2.12. The first-order chi connectivity index (χ1) is 9.11. The molecule has 0 amide bonds. The molecule has 2 aromatic rings. The number of rotatable bonds is 6. The summed E-state index contributed by atoms with van der Waals surface area (Å²) in [6.45, 7) is 0. The topological polar surface area (TPSA) is 59.1 Å². The fourth-order valence-corrected chi connectivity index (χ4v) is 3.09. The minimum absolute atomic E-state index is 0.0759. The van der Waals surface area contributed by atoms with E-state index in [2.05, 4.69) is 9.71 Å². The summed E-state index contributed by atoms with van der Waals surface area (Å²) in [6.07, 6.45) is 2.78. The maximum Gasteiger partial charge on any atom is 0.232 e. The van der Waals surface area contributed by atoms with Gasteiger partial charge in [0, 0.05) is 11.3 Å². The summed E-state index contributed by atoms with van der Waals surface area (Å²) in [6, 6.07) is 9.34. The fraction of sp³-hybridized carbons (Fsp3) is 0.308. The van der Waals surface area contributed by atoms with Crippen molar-refractivity contribution in [1.29, 1.82) is 0 Å². The summed E-state index contributed by atoms with van der Waals surface area (Å²) in [7, 11) is -3.32. The molecule has 0 saturated carbocycles. The van der Waals surface area contributed by atoms with Crippen LogP contribution in [0.4, 0.5) is 5.69 Å². The Hall–Kier alpha value is -1.33. The van der Waals surface area contributed by atoms with Crippen LogP contribution in [0.3, 0.4) is 0 Å². The van der Waals surface area contributed by atoms with Crippen LogP contribution in [-0.2, 0) is 10.0 Å². The van der Waals surface area contributed by atoms with Gasteiger partial charge in [-0.05, 0) is 25.0 Å². The van der Waals surface area contributed by atoms with Crippen LogP contribution in [-0.4, -0.2) is 25.0 Å². The Bertz CT molecular complexity index is 658. The molecule has 0 aliphatic rings. The standard InChI is InChI=1S/C13H15ClN2O2S/c14-7-3-4-8-19(17,18)16-12-9-11-5-1-2-6-13(11)15-10-12/h1-2,5-6,9-10,16H,3-4,7-8H2. The number of aromatic nitrogens is 1. The van der Waals surface area contributed by atoms with Crippen LogP contribution in [0.5, 0.6) is 0 Å². The molecule has 0 aliphatic carbocycles. The van der Waals surface area contributed by atoms with Crippen LogP contribution in [0, 0.1) is 0 Å². The molecule has 1 aromatic heterocycles. The van der Waals surface area contributed by atoms with Crippen molar-refractivity contribution in [2.24, 2.45) is 0 Å². The first-order valence-corrected chi connectivity index (χ1v) is 8.21. The Morgan fingerprint density at radius 2 is 2.00 bits per heavy atom. The number of hydrogen-bond donors (Lipinski definition) is 1. The number of benzene rings is 1. The lowest BCUT2D eigenvalue weighted by Gasteiger charge is -2.08. The molecule has 102 valence electrons. The SMILES string of the molecule is O=S(=O)(CCCCCl)Nc1cnc2ccccc2c1. The Morgan fingerprint density at radius 3 is 2.79 bits per heavy atom. The van der Waals surface area contributed by atoms with E-state index >= 15 is 0 Å². The van der Waals surface area contributed by atoms with Gasteiger partial charge < -0.3 is 0 Å². The van der Waals surface area contributed by atoms with Crippen molar-refractivity contribution in [2.75, 3.05) is 16.4 Å².